The molecular formula is C37H44F2NO8S3+. The van der Waals surface area contributed by atoms with E-state index in [1.807, 2.05) is 0 Å². The van der Waals surface area contributed by atoms with E-state index < -0.39 is 41.8 Å². The van der Waals surface area contributed by atoms with Gasteiger partial charge in [-0.3, -0.25) is 7.81 Å². The van der Waals surface area contributed by atoms with Crippen molar-refractivity contribution in [3.63, 3.8) is 0 Å². The van der Waals surface area contributed by atoms with Crippen LogP contribution < -0.4 is 0 Å². The molecule has 4 aromatic rings. The number of esters is 1. The first kappa shape index (κ1) is 40.1. The van der Waals surface area contributed by atoms with Gasteiger partial charge in [-0.1, -0.05) is 112 Å². The van der Waals surface area contributed by atoms with Gasteiger partial charge in [-0.25, -0.2) is 9.78 Å². The summed E-state index contributed by atoms with van der Waals surface area (Å²) >= 11 is 0. The third-order valence-corrected chi connectivity index (χ3v) is 14.5. The highest BCUT2D eigenvalue weighted by molar-refractivity contribution is 8.32. The predicted octanol–water partition coefficient (Wildman–Crippen LogP) is 9.14. The second-order valence-corrected chi connectivity index (χ2v) is 17.9. The number of benzene rings is 3. The first-order chi connectivity index (χ1) is 24.5. The molecule has 51 heavy (non-hydrogen) atoms. The van der Waals surface area contributed by atoms with Gasteiger partial charge in [0.1, 0.15) is 0 Å². The highest BCUT2D eigenvalue weighted by atomic mass is 32.3. The molecule has 0 unspecified atom stereocenters. The summed E-state index contributed by atoms with van der Waals surface area (Å²) in [5.74, 6) is -2.14. The lowest BCUT2D eigenvalue weighted by Gasteiger charge is -2.35. The fraction of sp³-hybridized carbons (Fsp3) is 0.351. The van der Waals surface area contributed by atoms with Crippen LogP contribution in [0.2, 0.25) is 0 Å². The predicted molar refractivity (Wildman–Crippen MR) is 193 cm³/mol. The summed E-state index contributed by atoms with van der Waals surface area (Å²) in [6, 6.07) is 29.7. The van der Waals surface area contributed by atoms with Crippen LogP contribution in [0.15, 0.2) is 135 Å². The topological polar surface area (TPSA) is 130 Å². The van der Waals surface area contributed by atoms with Crippen LogP contribution in [0.1, 0.15) is 64.2 Å². The Balaban J connectivity index is 1.20. The van der Waals surface area contributed by atoms with Crippen molar-refractivity contribution in [2.75, 3.05) is 13.2 Å². The molecule has 1 heterocycles. The van der Waals surface area contributed by atoms with Gasteiger partial charge in [-0.05, 0) is 61.4 Å². The fourth-order valence-electron chi connectivity index (χ4n) is 5.28. The van der Waals surface area contributed by atoms with Crippen molar-refractivity contribution in [2.24, 2.45) is 0 Å². The van der Waals surface area contributed by atoms with Crippen LogP contribution in [-0.2, 0) is 34.0 Å². The number of aromatic nitrogens is 1. The Bertz CT molecular complexity index is 1750. The molecule has 14 heteroatoms. The minimum Gasteiger partial charge on any atom is -0.460 e. The van der Waals surface area contributed by atoms with E-state index in [1.54, 1.807) is 103 Å². The first-order valence-electron chi connectivity index (χ1n) is 16.8. The summed E-state index contributed by atoms with van der Waals surface area (Å²) in [6.07, 6.45) is 9.40. The summed E-state index contributed by atoms with van der Waals surface area (Å²) in [5, 5.41) is -5.00. The van der Waals surface area contributed by atoms with Gasteiger partial charge in [0, 0.05) is 6.20 Å². The Labute approximate surface area is 301 Å². The maximum absolute atomic E-state index is 15.5. The zero-order valence-corrected chi connectivity index (χ0v) is 30.6. The molecule has 0 aliphatic carbocycles. The number of carbonyl (C=O) groups excluding carboxylic acids is 1. The van der Waals surface area contributed by atoms with Gasteiger partial charge in [0.25, 0.3) is 0 Å². The molecule has 276 valence electrons. The van der Waals surface area contributed by atoms with E-state index in [1.165, 1.54) is 12.3 Å². The van der Waals surface area contributed by atoms with Gasteiger partial charge in [0.15, 0.2) is 5.03 Å². The van der Waals surface area contributed by atoms with Crippen LogP contribution in [-0.4, -0.2) is 49.9 Å². The van der Waals surface area contributed by atoms with Gasteiger partial charge in [-0.2, -0.15) is 17.2 Å². The number of alkyl halides is 2. The number of hydrogen-bond acceptors (Lipinski definition) is 8. The van der Waals surface area contributed by atoms with E-state index in [0.717, 1.165) is 44.9 Å². The Kier molecular flexibility index (Phi) is 15.1. The molecule has 0 bridgehead atoms. The van der Waals surface area contributed by atoms with E-state index in [-0.39, 0.29) is 18.2 Å². The number of hydrogen-bond donors (Lipinski definition) is 0. The standard InChI is InChI=1S/C37H43F2NO8S3/c38-37(39,36(41)46-30-20-7-5-3-1-2-4-6-8-21-31-47-50(42,43)35-28-18-19-29-40-35)51(44,45)48-49(32-22-12-9-13-23-32,33-24-14-10-15-25-33)34-26-16-11-17-27-34/h9-19,22-29H,1-8,20-21,30-31H2/p+1. The lowest BCUT2D eigenvalue weighted by molar-refractivity contribution is -0.161. The number of halogens is 2. The maximum atomic E-state index is 15.5. The van der Waals surface area contributed by atoms with Gasteiger partial charge in [0.05, 0.1) is 38.2 Å². The van der Waals surface area contributed by atoms with Crippen molar-refractivity contribution in [2.45, 2.75) is 89.2 Å². The van der Waals surface area contributed by atoms with Crippen LogP contribution in [0.3, 0.4) is 0 Å². The van der Waals surface area contributed by atoms with E-state index >= 15 is 8.78 Å². The molecule has 0 atom stereocenters. The monoisotopic (exact) mass is 764 g/mol. The van der Waals surface area contributed by atoms with Crippen molar-refractivity contribution in [3.05, 3.63) is 115 Å². The zero-order valence-electron chi connectivity index (χ0n) is 28.2. The quantitative estimate of drug-likeness (QED) is 0.0255. The van der Waals surface area contributed by atoms with Crippen molar-refractivity contribution in [3.8, 4) is 0 Å². The molecule has 0 radical (unpaired) electrons. The normalized spacial score (nSPS) is 12.7. The zero-order chi connectivity index (χ0) is 36.6. The van der Waals surface area contributed by atoms with E-state index in [0.29, 0.717) is 33.9 Å². The molecule has 0 saturated carbocycles. The summed E-state index contributed by atoms with van der Waals surface area (Å²) in [6.45, 7) is -0.233. The highest BCUT2D eigenvalue weighted by Gasteiger charge is 2.63. The van der Waals surface area contributed by atoms with Gasteiger partial charge >= 0.3 is 31.5 Å². The fourth-order valence-corrected chi connectivity index (χ4v) is 11.5. The number of rotatable bonds is 22. The molecule has 1 aromatic heterocycles. The van der Waals surface area contributed by atoms with Crippen molar-refractivity contribution in [1.82, 2.24) is 4.98 Å². The minimum absolute atomic E-state index is 0.102. The summed E-state index contributed by atoms with van der Waals surface area (Å²) < 4.78 is 95.7. The molecule has 0 saturated heterocycles. The van der Waals surface area contributed by atoms with Crippen molar-refractivity contribution in [1.29, 1.82) is 0 Å². The van der Waals surface area contributed by atoms with Gasteiger partial charge < -0.3 is 4.74 Å². The molecule has 0 fully saturated rings. The minimum atomic E-state index is -5.73. The summed E-state index contributed by atoms with van der Waals surface area (Å²) in [7, 11) is -12.7. The Morgan fingerprint density at radius 1 is 0.588 bits per heavy atom. The third kappa shape index (κ3) is 10.9. The molecule has 0 spiro atoms. The first-order valence-corrected chi connectivity index (χ1v) is 21.3. The molecule has 9 nitrogen and oxygen atoms in total. The lowest BCUT2D eigenvalue weighted by Crippen LogP contribution is -2.42. The number of carbonyl (C=O) groups is 1. The number of pyridine rings is 1. The smallest absolute Gasteiger partial charge is 0.460 e. The molecule has 0 aliphatic heterocycles. The Morgan fingerprint density at radius 2 is 1.00 bits per heavy atom. The molecule has 3 aromatic carbocycles. The average molecular weight is 765 g/mol. The van der Waals surface area contributed by atoms with E-state index in [9.17, 15) is 21.6 Å². The van der Waals surface area contributed by atoms with Gasteiger partial charge in [-0.15, -0.1) is 8.42 Å². The van der Waals surface area contributed by atoms with Crippen LogP contribution >= 0.6 is 10.3 Å². The summed E-state index contributed by atoms with van der Waals surface area (Å²) in [5.41, 5.74) is 0. The molecule has 1 N–H and O–H groups in total. The third-order valence-electron chi connectivity index (χ3n) is 7.93. The van der Waals surface area contributed by atoms with E-state index in [4.69, 9.17) is 8.92 Å². The molecule has 0 amide bonds. The van der Waals surface area contributed by atoms with Crippen molar-refractivity contribution >= 4 is 36.5 Å². The highest BCUT2D eigenvalue weighted by Crippen LogP contribution is 2.68. The number of nitrogens with zero attached hydrogens (tertiary/aromatic N) is 1. The molecule has 4 rings (SSSR count). The molecular weight excluding hydrogens is 721 g/mol. The van der Waals surface area contributed by atoms with E-state index in [2.05, 4.69) is 8.61 Å². The number of unbranched alkanes of at least 4 members (excludes halogenated alkanes) is 9. The second kappa shape index (κ2) is 19.2. The number of ether oxygens (including phenoxy) is 1. The Hall–Kier alpha value is -3.69. The van der Waals surface area contributed by atoms with Crippen LogP contribution in [0.4, 0.5) is 8.78 Å². The van der Waals surface area contributed by atoms with Crippen LogP contribution in [0, 0.1) is 0 Å². The lowest BCUT2D eigenvalue weighted by atomic mass is 10.1. The maximum Gasteiger partial charge on any atom is 0.514 e. The molecule has 0 aliphatic rings. The SMILES string of the molecule is O=C(OCCCCCCCCCCCCOS(=O)(=O)c1ccccn1)C(F)(F)S(=O)(=O)[OH+]S(c1ccccc1)(c1ccccc1)c1ccccc1. The van der Waals surface area contributed by atoms with Crippen LogP contribution in [0.25, 0.3) is 0 Å². The van der Waals surface area contributed by atoms with Crippen molar-refractivity contribution < 1.29 is 43.0 Å². The second-order valence-electron chi connectivity index (χ2n) is 11.7. The average Bonchev–Trinajstić information content (AvgIpc) is 3.15. The summed E-state index contributed by atoms with van der Waals surface area (Å²) in [4.78, 5) is 17.6. The largest absolute Gasteiger partial charge is 0.514 e. The Morgan fingerprint density at radius 3 is 1.43 bits per heavy atom. The van der Waals surface area contributed by atoms with Crippen LogP contribution in [0.5, 0.6) is 0 Å². The van der Waals surface area contributed by atoms with Gasteiger partial charge in [0.2, 0.25) is 0 Å².